The van der Waals surface area contributed by atoms with Gasteiger partial charge in [0.25, 0.3) is 5.56 Å². The summed E-state index contributed by atoms with van der Waals surface area (Å²) < 4.78 is 36.0. The number of pyridine rings is 2. The van der Waals surface area contributed by atoms with Crippen LogP contribution in [0.2, 0.25) is 0 Å². The van der Waals surface area contributed by atoms with Gasteiger partial charge < -0.3 is 9.30 Å². The van der Waals surface area contributed by atoms with Gasteiger partial charge in [0.2, 0.25) is 10.0 Å². The third-order valence-electron chi connectivity index (χ3n) is 7.14. The van der Waals surface area contributed by atoms with Crippen molar-refractivity contribution in [2.75, 3.05) is 33.3 Å². The molecule has 0 saturated carbocycles. The highest BCUT2D eigenvalue weighted by Crippen LogP contribution is 2.25. The van der Waals surface area contributed by atoms with E-state index in [2.05, 4.69) is 9.88 Å². The first kappa shape index (κ1) is 29.5. The maximum absolute atomic E-state index is 13.5. The van der Waals surface area contributed by atoms with Gasteiger partial charge >= 0.3 is 0 Å². The molecule has 0 radical (unpaired) electrons. The maximum atomic E-state index is 13.5. The molecular formula is C31H38N4O4S. The van der Waals surface area contributed by atoms with E-state index < -0.39 is 10.0 Å². The Bertz CT molecular complexity index is 1610. The molecule has 212 valence electrons. The van der Waals surface area contributed by atoms with Crippen molar-refractivity contribution in [1.82, 2.24) is 18.8 Å². The monoisotopic (exact) mass is 562 g/mol. The zero-order valence-corrected chi connectivity index (χ0v) is 24.7. The van der Waals surface area contributed by atoms with Crippen LogP contribution in [0, 0.1) is 20.8 Å². The van der Waals surface area contributed by atoms with Crippen LogP contribution in [0.4, 0.5) is 0 Å². The van der Waals surface area contributed by atoms with Gasteiger partial charge in [-0.05, 0) is 80.3 Å². The van der Waals surface area contributed by atoms with Crippen molar-refractivity contribution < 1.29 is 13.2 Å². The Morgan fingerprint density at radius 1 is 0.900 bits per heavy atom. The number of aromatic nitrogens is 2. The minimum atomic E-state index is -3.62. The number of aryl methyl sites for hydroxylation is 4. The first-order valence-electron chi connectivity index (χ1n) is 13.4. The smallest absolute Gasteiger partial charge is 0.250 e. The molecule has 0 unspecified atom stereocenters. The van der Waals surface area contributed by atoms with Gasteiger partial charge in [0.05, 0.1) is 17.0 Å². The van der Waals surface area contributed by atoms with E-state index in [9.17, 15) is 13.2 Å². The van der Waals surface area contributed by atoms with Gasteiger partial charge in [-0.2, -0.15) is 4.31 Å². The lowest BCUT2D eigenvalue weighted by Crippen LogP contribution is -2.37. The van der Waals surface area contributed by atoms with Gasteiger partial charge in [-0.1, -0.05) is 17.7 Å². The summed E-state index contributed by atoms with van der Waals surface area (Å²) in [6.45, 7) is 8.56. The molecule has 2 aromatic carbocycles. The lowest BCUT2D eigenvalue weighted by atomic mass is 10.1. The number of fused-ring (bicyclic) bond motifs is 1. The third kappa shape index (κ3) is 6.96. The fourth-order valence-corrected chi connectivity index (χ4v) is 6.64. The van der Waals surface area contributed by atoms with Crippen molar-refractivity contribution in [3.05, 3.63) is 99.6 Å². The predicted octanol–water partition coefficient (Wildman–Crippen LogP) is 4.45. The minimum absolute atomic E-state index is 0.0435. The summed E-state index contributed by atoms with van der Waals surface area (Å²) in [7, 11) is -0.211. The number of hydrogen-bond acceptors (Lipinski definition) is 6. The number of ether oxygens (including phenoxy) is 1. The zero-order valence-electron chi connectivity index (χ0n) is 23.9. The van der Waals surface area contributed by atoms with Crippen molar-refractivity contribution in [3.63, 3.8) is 0 Å². The Kier molecular flexibility index (Phi) is 9.40. The topological polar surface area (TPSA) is 84.7 Å². The van der Waals surface area contributed by atoms with Crippen LogP contribution in [-0.4, -0.2) is 60.5 Å². The van der Waals surface area contributed by atoms with Gasteiger partial charge in [-0.25, -0.2) is 8.42 Å². The molecule has 2 heterocycles. The molecule has 2 aromatic heterocycles. The SMILES string of the molecule is Cc1cc(C)c(S(=O)(=O)N(C)CCN(CCCOc2ccc3c(ccc(=O)n3C)c2)Cc2ccncc2)c(C)c1. The lowest BCUT2D eigenvalue weighted by molar-refractivity contribution is 0.219. The van der Waals surface area contributed by atoms with Gasteiger partial charge in [0, 0.05) is 64.1 Å². The van der Waals surface area contributed by atoms with E-state index in [0.717, 1.165) is 51.9 Å². The summed E-state index contributed by atoms with van der Waals surface area (Å²) in [5, 5.41) is 0.946. The number of rotatable bonds is 12. The van der Waals surface area contributed by atoms with Crippen molar-refractivity contribution in [3.8, 4) is 5.75 Å². The molecule has 0 fully saturated rings. The first-order valence-corrected chi connectivity index (χ1v) is 14.9. The largest absolute Gasteiger partial charge is 0.494 e. The van der Waals surface area contributed by atoms with Crippen molar-refractivity contribution >= 4 is 20.9 Å². The second kappa shape index (κ2) is 12.8. The Morgan fingerprint density at radius 3 is 2.30 bits per heavy atom. The second-order valence-corrected chi connectivity index (χ2v) is 12.3. The van der Waals surface area contributed by atoms with Crippen LogP contribution in [0.5, 0.6) is 5.75 Å². The van der Waals surface area contributed by atoms with E-state index in [1.54, 1.807) is 37.1 Å². The molecule has 0 aliphatic heterocycles. The summed E-state index contributed by atoms with van der Waals surface area (Å²) in [4.78, 5) is 18.6. The molecule has 0 aliphatic rings. The van der Waals surface area contributed by atoms with E-state index in [1.807, 2.05) is 69.3 Å². The molecule has 0 amide bonds. The molecule has 40 heavy (non-hydrogen) atoms. The summed E-state index contributed by atoms with van der Waals surface area (Å²) in [6, 6.07) is 16.9. The highest BCUT2D eigenvalue weighted by molar-refractivity contribution is 7.89. The van der Waals surface area contributed by atoms with Crippen LogP contribution in [0.3, 0.4) is 0 Å². The quantitative estimate of drug-likeness (QED) is 0.237. The Hall–Kier alpha value is -3.53. The van der Waals surface area contributed by atoms with Crippen molar-refractivity contribution in [2.45, 2.75) is 38.6 Å². The summed E-state index contributed by atoms with van der Waals surface area (Å²) in [6.07, 6.45) is 4.31. The van der Waals surface area contributed by atoms with Gasteiger partial charge in [-0.15, -0.1) is 0 Å². The van der Waals surface area contributed by atoms with Crippen LogP contribution in [0.25, 0.3) is 10.9 Å². The van der Waals surface area contributed by atoms with Crippen LogP contribution >= 0.6 is 0 Å². The summed E-state index contributed by atoms with van der Waals surface area (Å²) >= 11 is 0. The van der Waals surface area contributed by atoms with Crippen molar-refractivity contribution in [2.24, 2.45) is 7.05 Å². The normalized spacial score (nSPS) is 12.0. The highest BCUT2D eigenvalue weighted by Gasteiger charge is 2.25. The fraction of sp³-hybridized carbons (Fsp3) is 0.355. The Labute approximate surface area is 236 Å². The number of benzene rings is 2. The molecule has 0 atom stereocenters. The number of hydrogen-bond donors (Lipinski definition) is 0. The van der Waals surface area contributed by atoms with E-state index in [1.165, 1.54) is 4.31 Å². The fourth-order valence-electron chi connectivity index (χ4n) is 5.08. The highest BCUT2D eigenvalue weighted by atomic mass is 32.2. The van der Waals surface area contributed by atoms with E-state index in [-0.39, 0.29) is 5.56 Å². The van der Waals surface area contributed by atoms with Crippen molar-refractivity contribution in [1.29, 1.82) is 0 Å². The van der Waals surface area contributed by atoms with Crippen LogP contribution in [0.1, 0.15) is 28.7 Å². The van der Waals surface area contributed by atoms with Gasteiger partial charge in [0.1, 0.15) is 5.75 Å². The molecule has 0 bridgehead atoms. The molecule has 4 aromatic rings. The number of likely N-dealkylation sites (N-methyl/N-ethyl adjacent to an activating group) is 1. The Morgan fingerprint density at radius 2 is 1.60 bits per heavy atom. The van der Waals surface area contributed by atoms with Crippen LogP contribution in [-0.2, 0) is 23.6 Å². The minimum Gasteiger partial charge on any atom is -0.494 e. The molecule has 8 nitrogen and oxygen atoms in total. The van der Waals surface area contributed by atoms with Crippen LogP contribution in [0.15, 0.2) is 76.7 Å². The summed E-state index contributed by atoms with van der Waals surface area (Å²) in [5.41, 5.74) is 4.53. The standard InChI is InChI=1S/C31H38N4O4S/c1-23-19-24(2)31(25(3)20-23)40(37,38)33(4)16-17-35(22-26-11-13-32-14-12-26)15-6-18-39-28-8-9-29-27(21-28)7-10-30(36)34(29)5/h7-14,19-21H,6,15-18,22H2,1-5H3. The average molecular weight is 563 g/mol. The summed E-state index contributed by atoms with van der Waals surface area (Å²) in [5.74, 6) is 0.751. The predicted molar refractivity (Wildman–Crippen MR) is 159 cm³/mol. The average Bonchev–Trinajstić information content (AvgIpc) is 2.91. The maximum Gasteiger partial charge on any atom is 0.250 e. The van der Waals surface area contributed by atoms with Crippen LogP contribution < -0.4 is 10.3 Å². The number of nitrogens with zero attached hydrogens (tertiary/aromatic N) is 4. The second-order valence-electron chi connectivity index (χ2n) is 10.3. The lowest BCUT2D eigenvalue weighted by Gasteiger charge is -2.26. The van der Waals surface area contributed by atoms with Gasteiger partial charge in [0.15, 0.2) is 0 Å². The van der Waals surface area contributed by atoms with E-state index in [4.69, 9.17) is 4.74 Å². The zero-order chi connectivity index (χ0) is 28.9. The molecule has 0 spiro atoms. The van der Waals surface area contributed by atoms with E-state index in [0.29, 0.717) is 31.1 Å². The third-order valence-corrected chi connectivity index (χ3v) is 9.31. The number of sulfonamides is 1. The first-order chi connectivity index (χ1) is 19.1. The molecule has 9 heteroatoms. The molecule has 0 saturated heterocycles. The van der Waals surface area contributed by atoms with Gasteiger partial charge in [-0.3, -0.25) is 14.7 Å². The Balaban J connectivity index is 1.39. The molecule has 0 N–H and O–H groups in total. The van der Waals surface area contributed by atoms with E-state index >= 15 is 0 Å². The molecule has 4 rings (SSSR count). The molecular weight excluding hydrogens is 524 g/mol. The molecule has 0 aliphatic carbocycles.